The summed E-state index contributed by atoms with van der Waals surface area (Å²) in [6, 6.07) is 0.552. The van der Waals surface area contributed by atoms with E-state index in [0.29, 0.717) is 12.0 Å². The quantitative estimate of drug-likeness (QED) is 0.818. The van der Waals surface area contributed by atoms with Crippen LogP contribution in [-0.2, 0) is 14.2 Å². The average Bonchev–Trinajstić information content (AvgIpc) is 2.89. The first kappa shape index (κ1) is 15.7. The highest BCUT2D eigenvalue weighted by Gasteiger charge is 2.46. The molecule has 21 heavy (non-hydrogen) atoms. The number of methoxy groups -OCH3 is 1. The molecule has 4 heteroatoms. The largest absolute Gasteiger partial charge is 0.378 e. The molecule has 122 valence electrons. The molecule has 2 heterocycles. The van der Waals surface area contributed by atoms with Crippen molar-refractivity contribution in [3.63, 3.8) is 0 Å². The first-order valence-corrected chi connectivity index (χ1v) is 8.71. The summed E-state index contributed by atoms with van der Waals surface area (Å²) in [6.45, 7) is 5.78. The van der Waals surface area contributed by atoms with Crippen LogP contribution in [0.15, 0.2) is 0 Å². The molecule has 1 spiro atoms. The Morgan fingerprint density at radius 3 is 2.71 bits per heavy atom. The molecule has 3 aliphatic rings. The van der Waals surface area contributed by atoms with Crippen molar-refractivity contribution >= 4 is 0 Å². The zero-order valence-electron chi connectivity index (χ0n) is 13.7. The molecule has 3 unspecified atom stereocenters. The number of ether oxygens (including phenoxy) is 3. The molecule has 0 bridgehead atoms. The molecule has 3 atom stereocenters. The number of nitrogens with one attached hydrogen (secondary N) is 1. The van der Waals surface area contributed by atoms with E-state index in [2.05, 4.69) is 12.2 Å². The van der Waals surface area contributed by atoms with Crippen molar-refractivity contribution < 1.29 is 14.2 Å². The van der Waals surface area contributed by atoms with E-state index < -0.39 is 0 Å². The van der Waals surface area contributed by atoms with Crippen molar-refractivity contribution in [2.24, 2.45) is 5.92 Å². The first-order chi connectivity index (χ1) is 10.2. The van der Waals surface area contributed by atoms with Crippen LogP contribution < -0.4 is 5.32 Å². The highest BCUT2D eigenvalue weighted by atomic mass is 16.6. The lowest BCUT2D eigenvalue weighted by atomic mass is 9.71. The minimum absolute atomic E-state index is 0.0104. The maximum Gasteiger partial charge on any atom is 0.0939 e. The second kappa shape index (κ2) is 6.53. The molecular formula is C17H31NO3. The molecule has 0 aromatic carbocycles. The van der Waals surface area contributed by atoms with E-state index in [-0.39, 0.29) is 11.2 Å². The summed E-state index contributed by atoms with van der Waals surface area (Å²) < 4.78 is 17.6. The number of hydrogen-bond acceptors (Lipinski definition) is 4. The van der Waals surface area contributed by atoms with Crippen molar-refractivity contribution in [1.82, 2.24) is 5.32 Å². The van der Waals surface area contributed by atoms with Gasteiger partial charge in [0.2, 0.25) is 0 Å². The normalized spacial score (nSPS) is 36.6. The lowest BCUT2D eigenvalue weighted by molar-refractivity contribution is -0.118. The van der Waals surface area contributed by atoms with Crippen LogP contribution in [0, 0.1) is 5.92 Å². The smallest absolute Gasteiger partial charge is 0.0939 e. The number of rotatable bonds is 6. The topological polar surface area (TPSA) is 39.7 Å². The van der Waals surface area contributed by atoms with Crippen LogP contribution in [0.4, 0.5) is 0 Å². The third-order valence-electron chi connectivity index (χ3n) is 5.92. The molecule has 4 nitrogen and oxygen atoms in total. The Bertz CT molecular complexity index is 331. The van der Waals surface area contributed by atoms with E-state index in [4.69, 9.17) is 14.2 Å². The van der Waals surface area contributed by atoms with Gasteiger partial charge in [-0.25, -0.2) is 0 Å². The van der Waals surface area contributed by atoms with Gasteiger partial charge in [0.15, 0.2) is 0 Å². The Hall–Kier alpha value is -0.160. The van der Waals surface area contributed by atoms with Gasteiger partial charge in [-0.05, 0) is 51.0 Å². The predicted octanol–water partition coefficient (Wildman–Crippen LogP) is 2.51. The number of hydrogen-bond donors (Lipinski definition) is 1. The predicted molar refractivity (Wildman–Crippen MR) is 82.5 cm³/mol. The van der Waals surface area contributed by atoms with Crippen molar-refractivity contribution in [1.29, 1.82) is 0 Å². The molecule has 0 aromatic rings. The maximum atomic E-state index is 6.10. The summed E-state index contributed by atoms with van der Waals surface area (Å²) >= 11 is 0. The molecule has 0 radical (unpaired) electrons. The fourth-order valence-corrected chi connectivity index (χ4v) is 4.40. The monoisotopic (exact) mass is 297 g/mol. The Morgan fingerprint density at radius 2 is 2.14 bits per heavy atom. The second-order valence-corrected chi connectivity index (χ2v) is 7.20. The van der Waals surface area contributed by atoms with Gasteiger partial charge in [-0.3, -0.25) is 0 Å². The van der Waals surface area contributed by atoms with E-state index in [1.54, 1.807) is 0 Å². The Morgan fingerprint density at radius 1 is 1.29 bits per heavy atom. The van der Waals surface area contributed by atoms with E-state index in [1.807, 2.05) is 7.11 Å². The van der Waals surface area contributed by atoms with Crippen LogP contribution in [0.1, 0.15) is 51.9 Å². The Kier molecular flexibility index (Phi) is 4.89. The van der Waals surface area contributed by atoms with Crippen LogP contribution in [0.5, 0.6) is 0 Å². The van der Waals surface area contributed by atoms with Crippen LogP contribution in [0.3, 0.4) is 0 Å². The molecule has 2 aliphatic heterocycles. The zero-order chi connectivity index (χ0) is 14.8. The van der Waals surface area contributed by atoms with E-state index in [9.17, 15) is 0 Å². The molecule has 1 aliphatic carbocycles. The molecule has 0 aromatic heterocycles. The lowest BCUT2D eigenvalue weighted by Crippen LogP contribution is -2.52. The first-order valence-electron chi connectivity index (χ1n) is 8.71. The fraction of sp³-hybridized carbons (Fsp3) is 1.00. The van der Waals surface area contributed by atoms with Crippen LogP contribution in [-0.4, -0.2) is 50.7 Å². The van der Waals surface area contributed by atoms with Gasteiger partial charge in [-0.2, -0.15) is 0 Å². The van der Waals surface area contributed by atoms with Crippen LogP contribution in [0.25, 0.3) is 0 Å². The average molecular weight is 297 g/mol. The minimum atomic E-state index is 0.0104. The van der Waals surface area contributed by atoms with Crippen LogP contribution >= 0.6 is 0 Å². The third-order valence-corrected chi connectivity index (χ3v) is 5.92. The summed E-state index contributed by atoms with van der Waals surface area (Å²) in [5, 5.41) is 3.74. The Balaban J connectivity index is 1.65. The zero-order valence-corrected chi connectivity index (χ0v) is 13.7. The highest BCUT2D eigenvalue weighted by Crippen LogP contribution is 2.43. The summed E-state index contributed by atoms with van der Waals surface area (Å²) in [5.74, 6) is 0.688. The standard InChI is InChI=1S/C17H31NO3/c1-3-18-15(12-16(19-2)6-4-7-16)14-5-9-21-17(11-14)8-10-20-13-17/h14-15,18H,3-13H2,1-2H3. The van der Waals surface area contributed by atoms with Gasteiger partial charge in [0.05, 0.1) is 17.8 Å². The molecular weight excluding hydrogens is 266 g/mol. The molecule has 1 saturated carbocycles. The van der Waals surface area contributed by atoms with Gasteiger partial charge in [-0.15, -0.1) is 0 Å². The molecule has 2 saturated heterocycles. The van der Waals surface area contributed by atoms with E-state index in [0.717, 1.165) is 45.6 Å². The van der Waals surface area contributed by atoms with E-state index in [1.165, 1.54) is 25.7 Å². The lowest BCUT2D eigenvalue weighted by Gasteiger charge is -2.47. The third kappa shape index (κ3) is 3.29. The minimum Gasteiger partial charge on any atom is -0.378 e. The van der Waals surface area contributed by atoms with Gasteiger partial charge in [0, 0.05) is 32.8 Å². The summed E-state index contributed by atoms with van der Waals surface area (Å²) in [6.07, 6.45) is 8.30. The van der Waals surface area contributed by atoms with Crippen molar-refractivity contribution in [2.75, 3.05) is 33.5 Å². The molecule has 1 N–H and O–H groups in total. The van der Waals surface area contributed by atoms with Crippen LogP contribution in [0.2, 0.25) is 0 Å². The molecule has 3 fully saturated rings. The van der Waals surface area contributed by atoms with Crippen molar-refractivity contribution in [2.45, 2.75) is 69.1 Å². The molecule has 3 rings (SSSR count). The highest BCUT2D eigenvalue weighted by molar-refractivity contribution is 4.98. The van der Waals surface area contributed by atoms with Gasteiger partial charge >= 0.3 is 0 Å². The van der Waals surface area contributed by atoms with Crippen molar-refractivity contribution in [3.05, 3.63) is 0 Å². The maximum absolute atomic E-state index is 6.10. The second-order valence-electron chi connectivity index (χ2n) is 7.20. The van der Waals surface area contributed by atoms with Gasteiger partial charge in [0.25, 0.3) is 0 Å². The summed E-state index contributed by atoms with van der Waals surface area (Å²) in [5.41, 5.74) is 0.154. The SMILES string of the molecule is CCNC(CC1(OC)CCC1)C1CCOC2(CCOC2)C1. The summed E-state index contributed by atoms with van der Waals surface area (Å²) in [4.78, 5) is 0. The summed E-state index contributed by atoms with van der Waals surface area (Å²) in [7, 11) is 1.89. The van der Waals surface area contributed by atoms with Gasteiger partial charge in [-0.1, -0.05) is 6.92 Å². The molecule has 0 amide bonds. The van der Waals surface area contributed by atoms with E-state index >= 15 is 0 Å². The fourth-order valence-electron chi connectivity index (χ4n) is 4.40. The van der Waals surface area contributed by atoms with Gasteiger partial charge < -0.3 is 19.5 Å². The van der Waals surface area contributed by atoms with Gasteiger partial charge in [0.1, 0.15) is 0 Å². The Labute approximate surface area is 128 Å². The van der Waals surface area contributed by atoms with Crippen molar-refractivity contribution in [3.8, 4) is 0 Å².